The van der Waals surface area contributed by atoms with Crippen molar-refractivity contribution in [1.29, 1.82) is 0 Å². The van der Waals surface area contributed by atoms with Gasteiger partial charge in [-0.2, -0.15) is 0 Å². The van der Waals surface area contributed by atoms with E-state index >= 15 is 0 Å². The zero-order valence-electron chi connectivity index (χ0n) is 21.4. The Morgan fingerprint density at radius 3 is 2.64 bits per heavy atom. The first-order valence-electron chi connectivity index (χ1n) is 12.8. The molecule has 0 bridgehead atoms. The van der Waals surface area contributed by atoms with Gasteiger partial charge >= 0.3 is 5.97 Å². The summed E-state index contributed by atoms with van der Waals surface area (Å²) in [5.41, 5.74) is 1.34. The summed E-state index contributed by atoms with van der Waals surface area (Å²) in [4.78, 5) is 28.1. The number of hydrogen-bond donors (Lipinski definition) is 1. The first-order valence-corrected chi connectivity index (χ1v) is 14.0. The molecule has 2 aromatic carbocycles. The van der Waals surface area contributed by atoms with E-state index in [9.17, 15) is 18.4 Å². The summed E-state index contributed by atoms with van der Waals surface area (Å²) in [6.07, 6.45) is 3.64. The zero-order valence-corrected chi connectivity index (χ0v) is 23.0. The van der Waals surface area contributed by atoms with Crippen LogP contribution in [-0.2, 0) is 14.3 Å². The number of thioether (sulfide) groups is 1. The summed E-state index contributed by atoms with van der Waals surface area (Å²) in [5, 5.41) is 8.79. The Morgan fingerprint density at radius 2 is 1.90 bits per heavy atom. The van der Waals surface area contributed by atoms with Crippen LogP contribution in [-0.4, -0.2) is 77.1 Å². The molecule has 39 heavy (non-hydrogen) atoms. The maximum absolute atomic E-state index is 14.5. The van der Waals surface area contributed by atoms with E-state index in [-0.39, 0.29) is 17.9 Å². The second-order valence-corrected chi connectivity index (χ2v) is 10.9. The predicted octanol–water partition coefficient (Wildman–Crippen LogP) is 5.19. The average Bonchev–Trinajstić information content (AvgIpc) is 3.17. The highest BCUT2D eigenvalue weighted by Gasteiger charge is 2.31. The van der Waals surface area contributed by atoms with Gasteiger partial charge in [-0.3, -0.25) is 19.4 Å². The van der Waals surface area contributed by atoms with E-state index in [1.54, 1.807) is 24.3 Å². The number of thiocarbonyl (C=S) groups is 1. The summed E-state index contributed by atoms with van der Waals surface area (Å²) >= 11 is 6.62. The van der Waals surface area contributed by atoms with Crippen molar-refractivity contribution in [2.75, 3.05) is 46.0 Å². The Morgan fingerprint density at radius 1 is 1.10 bits per heavy atom. The van der Waals surface area contributed by atoms with Crippen LogP contribution in [0.15, 0.2) is 41.3 Å². The van der Waals surface area contributed by atoms with Gasteiger partial charge in [-0.05, 0) is 48.7 Å². The van der Waals surface area contributed by atoms with Gasteiger partial charge in [-0.25, -0.2) is 8.78 Å². The number of ether oxygens (including phenoxy) is 2. The lowest BCUT2D eigenvalue weighted by Crippen LogP contribution is -2.38. The van der Waals surface area contributed by atoms with Crippen LogP contribution in [0.1, 0.15) is 31.2 Å². The fraction of sp³-hybridized carbons (Fsp3) is 0.393. The lowest BCUT2D eigenvalue weighted by atomic mass is 10.0. The molecule has 2 aromatic rings. The Labute approximate surface area is 235 Å². The molecule has 1 amide bonds. The minimum atomic E-state index is -0.839. The molecule has 2 heterocycles. The largest absolute Gasteiger partial charge is 0.492 e. The summed E-state index contributed by atoms with van der Waals surface area (Å²) in [7, 11) is 0. The number of amides is 1. The van der Waals surface area contributed by atoms with Gasteiger partial charge in [-0.15, -0.1) is 0 Å². The SMILES string of the molecule is O=C(O)CCCCCN1C(=O)/C(=C/c2cc(-c3ccc(F)cc3F)ccc2OCCN2CCOCC2)SC1=S. The van der Waals surface area contributed by atoms with Gasteiger partial charge in [0.1, 0.15) is 28.3 Å². The Bertz CT molecular complexity index is 1250. The second-order valence-electron chi connectivity index (χ2n) is 9.22. The van der Waals surface area contributed by atoms with E-state index in [0.717, 1.165) is 19.2 Å². The molecule has 2 aliphatic rings. The third kappa shape index (κ3) is 8.07. The van der Waals surface area contributed by atoms with Crippen molar-refractivity contribution >= 4 is 46.3 Å². The van der Waals surface area contributed by atoms with Crippen LogP contribution < -0.4 is 4.74 Å². The van der Waals surface area contributed by atoms with Crippen molar-refractivity contribution in [2.24, 2.45) is 0 Å². The number of aliphatic carboxylic acids is 1. The van der Waals surface area contributed by atoms with Crippen LogP contribution in [0.4, 0.5) is 8.78 Å². The van der Waals surface area contributed by atoms with E-state index in [1.807, 2.05) is 0 Å². The number of rotatable bonds is 12. The Kier molecular flexibility index (Phi) is 10.4. The highest BCUT2D eigenvalue weighted by molar-refractivity contribution is 8.26. The molecule has 1 N–H and O–H groups in total. The smallest absolute Gasteiger partial charge is 0.303 e. The number of carboxylic acid groups (broad SMARTS) is 1. The molecule has 7 nitrogen and oxygen atoms in total. The molecule has 0 atom stereocenters. The third-order valence-electron chi connectivity index (χ3n) is 6.45. The molecule has 208 valence electrons. The van der Waals surface area contributed by atoms with Crippen molar-refractivity contribution in [2.45, 2.75) is 25.7 Å². The number of hydrogen-bond acceptors (Lipinski definition) is 7. The Balaban J connectivity index is 1.53. The molecule has 4 rings (SSSR count). The molecule has 2 saturated heterocycles. The monoisotopic (exact) mass is 576 g/mol. The van der Waals surface area contributed by atoms with E-state index in [4.69, 9.17) is 26.8 Å². The van der Waals surface area contributed by atoms with E-state index < -0.39 is 17.6 Å². The quantitative estimate of drug-likeness (QED) is 0.210. The van der Waals surface area contributed by atoms with Gasteiger partial charge < -0.3 is 14.6 Å². The molecule has 11 heteroatoms. The van der Waals surface area contributed by atoms with Crippen LogP contribution >= 0.6 is 24.0 Å². The van der Waals surface area contributed by atoms with Gasteiger partial charge in [0, 0.05) is 49.8 Å². The highest BCUT2D eigenvalue weighted by atomic mass is 32.2. The number of halogens is 2. The van der Waals surface area contributed by atoms with E-state index in [0.29, 0.717) is 78.3 Å². The third-order valence-corrected chi connectivity index (χ3v) is 7.83. The van der Waals surface area contributed by atoms with Gasteiger partial charge in [0.25, 0.3) is 5.91 Å². The number of unbranched alkanes of at least 4 members (excludes halogenated alkanes) is 2. The van der Waals surface area contributed by atoms with Crippen molar-refractivity contribution in [3.8, 4) is 16.9 Å². The molecule has 0 aromatic heterocycles. The fourth-order valence-electron chi connectivity index (χ4n) is 4.35. The molecule has 0 aliphatic carbocycles. The lowest BCUT2D eigenvalue weighted by molar-refractivity contribution is -0.137. The molecular weight excluding hydrogens is 546 g/mol. The Hall–Kier alpha value is -2.86. The predicted molar refractivity (Wildman–Crippen MR) is 151 cm³/mol. The highest BCUT2D eigenvalue weighted by Crippen LogP contribution is 2.36. The average molecular weight is 577 g/mol. The van der Waals surface area contributed by atoms with Crippen molar-refractivity contribution in [1.82, 2.24) is 9.80 Å². The maximum Gasteiger partial charge on any atom is 0.303 e. The van der Waals surface area contributed by atoms with E-state index in [2.05, 4.69) is 4.90 Å². The topological polar surface area (TPSA) is 79.3 Å². The molecule has 0 saturated carbocycles. The van der Waals surface area contributed by atoms with Crippen LogP contribution in [0, 0.1) is 11.6 Å². The van der Waals surface area contributed by atoms with Crippen molar-refractivity contribution < 1.29 is 33.0 Å². The van der Waals surface area contributed by atoms with Crippen LogP contribution in [0.2, 0.25) is 0 Å². The minimum absolute atomic E-state index is 0.0948. The first kappa shape index (κ1) is 29.1. The summed E-state index contributed by atoms with van der Waals surface area (Å²) in [6, 6.07) is 8.58. The summed E-state index contributed by atoms with van der Waals surface area (Å²) in [6.45, 7) is 4.57. The van der Waals surface area contributed by atoms with Crippen molar-refractivity contribution in [3.63, 3.8) is 0 Å². The molecule has 0 spiro atoms. The zero-order chi connectivity index (χ0) is 27.8. The fourth-order valence-corrected chi connectivity index (χ4v) is 5.65. The van der Waals surface area contributed by atoms with Gasteiger partial charge in [-0.1, -0.05) is 36.5 Å². The maximum atomic E-state index is 14.5. The molecule has 0 radical (unpaired) electrons. The molecule has 2 aliphatic heterocycles. The van der Waals surface area contributed by atoms with Crippen LogP contribution in [0.3, 0.4) is 0 Å². The number of carboxylic acids is 1. The molecule has 0 unspecified atom stereocenters. The van der Waals surface area contributed by atoms with Gasteiger partial charge in [0.05, 0.1) is 18.1 Å². The number of benzene rings is 2. The second kappa shape index (κ2) is 14.0. The standard InChI is InChI=1S/C28H30F2N2O5S2/c29-21-6-7-22(23(30)18-21)19-5-8-24(37-15-12-31-10-13-36-14-11-31)20(16-19)17-25-27(35)32(28(38)39-25)9-3-1-2-4-26(33)34/h5-8,16-18H,1-4,9-15H2,(H,33,34)/b25-17-. The summed E-state index contributed by atoms with van der Waals surface area (Å²) < 4.78 is 39.9. The van der Waals surface area contributed by atoms with Gasteiger partial charge in [0.2, 0.25) is 0 Å². The molecular formula is C28H30F2N2O5S2. The lowest BCUT2D eigenvalue weighted by Gasteiger charge is -2.26. The first-order chi connectivity index (χ1) is 18.8. The summed E-state index contributed by atoms with van der Waals surface area (Å²) in [5.74, 6) is -1.88. The number of carbonyl (C=O) groups is 2. The number of morpholine rings is 1. The normalized spacial score (nSPS) is 17.3. The van der Waals surface area contributed by atoms with E-state index in [1.165, 1.54) is 28.8 Å². The van der Waals surface area contributed by atoms with Crippen LogP contribution in [0.25, 0.3) is 17.2 Å². The van der Waals surface area contributed by atoms with Crippen LogP contribution in [0.5, 0.6) is 5.75 Å². The van der Waals surface area contributed by atoms with Gasteiger partial charge in [0.15, 0.2) is 0 Å². The number of carbonyl (C=O) groups excluding carboxylic acids is 1. The van der Waals surface area contributed by atoms with Crippen molar-refractivity contribution in [3.05, 3.63) is 58.5 Å². The number of nitrogens with zero attached hydrogens (tertiary/aromatic N) is 2. The molecule has 2 fully saturated rings. The minimum Gasteiger partial charge on any atom is -0.492 e.